The van der Waals surface area contributed by atoms with Crippen LogP contribution in [0.15, 0.2) is 0 Å². The molecule has 0 saturated heterocycles. The number of unbranched alkanes of at least 4 members (excludes halogenated alkanes) is 7. The van der Waals surface area contributed by atoms with E-state index in [0.29, 0.717) is 5.41 Å². The monoisotopic (exact) mass is 298 g/mol. The summed E-state index contributed by atoms with van der Waals surface area (Å²) in [7, 11) is 0. The van der Waals surface area contributed by atoms with Gasteiger partial charge in [0.25, 0.3) is 0 Å². The van der Waals surface area contributed by atoms with E-state index in [9.17, 15) is 0 Å². The SMILES string of the molecule is CCCCOCCCCCCCCCC(CC)(CC)CC. The van der Waals surface area contributed by atoms with Gasteiger partial charge < -0.3 is 4.74 Å². The Hall–Kier alpha value is -0.0400. The molecule has 0 aromatic heterocycles. The summed E-state index contributed by atoms with van der Waals surface area (Å²) < 4.78 is 5.59. The summed E-state index contributed by atoms with van der Waals surface area (Å²) in [5.74, 6) is 0. The Bertz CT molecular complexity index is 188. The molecule has 0 aromatic carbocycles. The maximum atomic E-state index is 5.59. The van der Waals surface area contributed by atoms with Gasteiger partial charge in [0.1, 0.15) is 0 Å². The molecule has 21 heavy (non-hydrogen) atoms. The lowest BCUT2D eigenvalue weighted by atomic mass is 9.75. The number of ether oxygens (including phenoxy) is 1. The van der Waals surface area contributed by atoms with Crippen molar-refractivity contribution in [1.82, 2.24) is 0 Å². The van der Waals surface area contributed by atoms with Gasteiger partial charge in [-0.2, -0.15) is 0 Å². The van der Waals surface area contributed by atoms with Gasteiger partial charge >= 0.3 is 0 Å². The minimum Gasteiger partial charge on any atom is -0.381 e. The van der Waals surface area contributed by atoms with Gasteiger partial charge in [0.05, 0.1) is 0 Å². The maximum Gasteiger partial charge on any atom is 0.0466 e. The van der Waals surface area contributed by atoms with Gasteiger partial charge in [0.15, 0.2) is 0 Å². The third kappa shape index (κ3) is 11.2. The first kappa shape index (κ1) is 21.0. The topological polar surface area (TPSA) is 9.23 Å². The lowest BCUT2D eigenvalue weighted by Crippen LogP contribution is -2.17. The Balaban J connectivity index is 3.29. The van der Waals surface area contributed by atoms with Gasteiger partial charge in [-0.15, -0.1) is 0 Å². The van der Waals surface area contributed by atoms with Crippen molar-refractivity contribution in [3.05, 3.63) is 0 Å². The van der Waals surface area contributed by atoms with Crippen LogP contribution >= 0.6 is 0 Å². The first-order chi connectivity index (χ1) is 10.2. The highest BCUT2D eigenvalue weighted by atomic mass is 16.5. The van der Waals surface area contributed by atoms with E-state index in [4.69, 9.17) is 4.74 Å². The Morgan fingerprint density at radius 3 is 1.57 bits per heavy atom. The van der Waals surface area contributed by atoms with Gasteiger partial charge in [-0.05, 0) is 24.7 Å². The zero-order chi connectivity index (χ0) is 15.8. The summed E-state index contributed by atoms with van der Waals surface area (Å²) in [5, 5.41) is 0. The second-order valence-corrected chi connectivity index (χ2v) is 6.75. The number of rotatable bonds is 16. The predicted octanol–water partition coefficient (Wildman–Crippen LogP) is 7.14. The number of hydrogen-bond acceptors (Lipinski definition) is 1. The highest BCUT2D eigenvalue weighted by Gasteiger charge is 2.22. The van der Waals surface area contributed by atoms with Crippen molar-refractivity contribution >= 4 is 0 Å². The van der Waals surface area contributed by atoms with Crippen LogP contribution in [-0.2, 0) is 4.74 Å². The van der Waals surface area contributed by atoms with Crippen LogP contribution in [0, 0.1) is 5.41 Å². The third-order valence-electron chi connectivity index (χ3n) is 5.39. The Kier molecular flexibility index (Phi) is 14.9. The quantitative estimate of drug-likeness (QED) is 0.275. The second kappa shape index (κ2) is 14.9. The predicted molar refractivity (Wildman–Crippen MR) is 96.0 cm³/mol. The molecule has 0 fully saturated rings. The summed E-state index contributed by atoms with van der Waals surface area (Å²) in [4.78, 5) is 0. The van der Waals surface area contributed by atoms with Crippen LogP contribution in [0.2, 0.25) is 0 Å². The van der Waals surface area contributed by atoms with Crippen LogP contribution in [0.5, 0.6) is 0 Å². The Morgan fingerprint density at radius 2 is 1.05 bits per heavy atom. The molecule has 0 aliphatic carbocycles. The van der Waals surface area contributed by atoms with Crippen LogP contribution in [0.3, 0.4) is 0 Å². The first-order valence-corrected chi connectivity index (χ1v) is 9.82. The molecule has 0 aliphatic heterocycles. The van der Waals surface area contributed by atoms with Crippen molar-refractivity contribution in [1.29, 1.82) is 0 Å². The molecule has 0 spiro atoms. The standard InChI is InChI=1S/C20H42O/c1-5-9-18-21-19-16-14-12-10-11-13-15-17-20(6-2,7-3)8-4/h5-19H2,1-4H3. The van der Waals surface area contributed by atoms with Crippen LogP contribution in [0.25, 0.3) is 0 Å². The van der Waals surface area contributed by atoms with E-state index < -0.39 is 0 Å². The molecule has 1 nitrogen and oxygen atoms in total. The minimum atomic E-state index is 0.649. The lowest BCUT2D eigenvalue weighted by molar-refractivity contribution is 0.127. The highest BCUT2D eigenvalue weighted by Crippen LogP contribution is 2.36. The molecule has 0 amide bonds. The van der Waals surface area contributed by atoms with E-state index in [-0.39, 0.29) is 0 Å². The van der Waals surface area contributed by atoms with Crippen molar-refractivity contribution in [3.8, 4) is 0 Å². The van der Waals surface area contributed by atoms with Crippen LogP contribution in [0.4, 0.5) is 0 Å². The largest absolute Gasteiger partial charge is 0.381 e. The molecule has 0 saturated carbocycles. The van der Waals surface area contributed by atoms with Gasteiger partial charge in [0, 0.05) is 13.2 Å². The van der Waals surface area contributed by atoms with E-state index in [1.807, 2.05) is 0 Å². The normalized spacial score (nSPS) is 12.0. The molecule has 128 valence electrons. The molecule has 0 aliphatic rings. The molecular formula is C20H42O. The lowest BCUT2D eigenvalue weighted by Gasteiger charge is -2.30. The van der Waals surface area contributed by atoms with Gasteiger partial charge in [-0.3, -0.25) is 0 Å². The molecule has 0 N–H and O–H groups in total. The summed E-state index contributed by atoms with van der Waals surface area (Å²) in [6.07, 6.45) is 17.7. The molecule has 0 rings (SSSR count). The van der Waals surface area contributed by atoms with Gasteiger partial charge in [-0.1, -0.05) is 91.9 Å². The van der Waals surface area contributed by atoms with Crippen molar-refractivity contribution < 1.29 is 4.74 Å². The summed E-state index contributed by atoms with van der Waals surface area (Å²) in [5.41, 5.74) is 0.649. The molecule has 0 radical (unpaired) electrons. The van der Waals surface area contributed by atoms with Crippen molar-refractivity contribution in [3.63, 3.8) is 0 Å². The van der Waals surface area contributed by atoms with Crippen LogP contribution < -0.4 is 0 Å². The fourth-order valence-electron chi connectivity index (χ4n) is 3.22. The Morgan fingerprint density at radius 1 is 0.571 bits per heavy atom. The Labute approximate surface area is 135 Å². The zero-order valence-electron chi connectivity index (χ0n) is 15.5. The first-order valence-electron chi connectivity index (χ1n) is 9.82. The van der Waals surface area contributed by atoms with E-state index in [2.05, 4.69) is 27.7 Å². The average Bonchev–Trinajstić information content (AvgIpc) is 2.53. The van der Waals surface area contributed by atoms with E-state index in [1.165, 1.54) is 83.5 Å². The molecule has 0 heterocycles. The molecule has 1 heteroatoms. The van der Waals surface area contributed by atoms with Gasteiger partial charge in [-0.25, -0.2) is 0 Å². The van der Waals surface area contributed by atoms with Crippen molar-refractivity contribution in [2.75, 3.05) is 13.2 Å². The van der Waals surface area contributed by atoms with Crippen LogP contribution in [-0.4, -0.2) is 13.2 Å². The zero-order valence-corrected chi connectivity index (χ0v) is 15.5. The molecule has 0 bridgehead atoms. The fourth-order valence-corrected chi connectivity index (χ4v) is 3.22. The highest BCUT2D eigenvalue weighted by molar-refractivity contribution is 4.74. The van der Waals surface area contributed by atoms with E-state index >= 15 is 0 Å². The molecule has 0 unspecified atom stereocenters. The van der Waals surface area contributed by atoms with E-state index in [1.54, 1.807) is 0 Å². The molecule has 0 atom stereocenters. The summed E-state index contributed by atoms with van der Waals surface area (Å²) in [6.45, 7) is 11.3. The van der Waals surface area contributed by atoms with Crippen LogP contribution in [0.1, 0.15) is 111 Å². The van der Waals surface area contributed by atoms with Crippen molar-refractivity contribution in [2.24, 2.45) is 5.41 Å². The molecule has 0 aromatic rings. The van der Waals surface area contributed by atoms with Crippen molar-refractivity contribution in [2.45, 2.75) is 111 Å². The minimum absolute atomic E-state index is 0.649. The smallest absolute Gasteiger partial charge is 0.0466 e. The average molecular weight is 299 g/mol. The molecular weight excluding hydrogens is 256 g/mol. The summed E-state index contributed by atoms with van der Waals surface area (Å²) >= 11 is 0. The number of hydrogen-bond donors (Lipinski definition) is 0. The summed E-state index contributed by atoms with van der Waals surface area (Å²) in [6, 6.07) is 0. The fraction of sp³-hybridized carbons (Fsp3) is 1.00. The van der Waals surface area contributed by atoms with Gasteiger partial charge in [0.2, 0.25) is 0 Å². The third-order valence-corrected chi connectivity index (χ3v) is 5.39. The second-order valence-electron chi connectivity index (χ2n) is 6.75. The van der Waals surface area contributed by atoms with E-state index in [0.717, 1.165) is 13.2 Å². The maximum absolute atomic E-state index is 5.59.